The summed E-state index contributed by atoms with van der Waals surface area (Å²) in [5.41, 5.74) is 0. The van der Waals surface area contributed by atoms with Gasteiger partial charge in [0.15, 0.2) is 0 Å². The van der Waals surface area contributed by atoms with Crippen molar-refractivity contribution >= 4 is 12.4 Å². The zero-order valence-electron chi connectivity index (χ0n) is 13.1. The van der Waals surface area contributed by atoms with E-state index in [1.165, 1.54) is 25.9 Å². The molecule has 5 rings (SSSR count). The Kier molecular flexibility index (Phi) is 5.09. The van der Waals surface area contributed by atoms with Crippen molar-refractivity contribution < 1.29 is 9.47 Å². The molecule has 2 bridgehead atoms. The zero-order valence-corrected chi connectivity index (χ0v) is 13.9. The largest absolute Gasteiger partial charge is 0.489 e. The van der Waals surface area contributed by atoms with Crippen molar-refractivity contribution in [2.75, 3.05) is 19.6 Å². The Hall–Kier alpha value is -1.71. The number of hydrogen-bond acceptors (Lipinski definition) is 3. The number of benzene rings is 2. The number of fused-ring (bicyclic) bond motifs is 3. The van der Waals surface area contributed by atoms with Crippen LogP contribution in [-0.2, 0) is 0 Å². The SMILES string of the molecule is Cl.c1ccc(Oc2cccc(OC3CN4CCC3CC4)c2)cc1. The minimum atomic E-state index is 0. The molecule has 3 heterocycles. The molecule has 1 atom stereocenters. The van der Waals surface area contributed by atoms with Crippen molar-refractivity contribution in [1.29, 1.82) is 0 Å². The van der Waals surface area contributed by atoms with Gasteiger partial charge in [0.1, 0.15) is 23.4 Å². The van der Waals surface area contributed by atoms with E-state index in [2.05, 4.69) is 4.90 Å². The van der Waals surface area contributed by atoms with Crippen LogP contribution in [0.1, 0.15) is 12.8 Å². The molecule has 0 amide bonds. The minimum absolute atomic E-state index is 0. The average Bonchev–Trinajstić information content (AvgIpc) is 2.57. The van der Waals surface area contributed by atoms with Gasteiger partial charge in [0, 0.05) is 12.6 Å². The molecule has 0 N–H and O–H groups in total. The molecule has 3 aliphatic heterocycles. The van der Waals surface area contributed by atoms with E-state index in [9.17, 15) is 0 Å². The minimum Gasteiger partial charge on any atom is -0.489 e. The van der Waals surface area contributed by atoms with E-state index >= 15 is 0 Å². The predicted molar refractivity (Wildman–Crippen MR) is 93.8 cm³/mol. The van der Waals surface area contributed by atoms with Crippen LogP contribution in [0.2, 0.25) is 0 Å². The van der Waals surface area contributed by atoms with Crippen molar-refractivity contribution in [2.45, 2.75) is 18.9 Å². The molecule has 0 aromatic heterocycles. The molecule has 3 aliphatic rings. The molecule has 3 saturated heterocycles. The van der Waals surface area contributed by atoms with Crippen LogP contribution in [0.4, 0.5) is 0 Å². The number of nitrogens with zero attached hydrogens (tertiary/aromatic N) is 1. The van der Waals surface area contributed by atoms with Crippen molar-refractivity contribution in [3.05, 3.63) is 54.6 Å². The molecule has 122 valence electrons. The maximum Gasteiger partial charge on any atom is 0.131 e. The van der Waals surface area contributed by atoms with Crippen molar-refractivity contribution in [3.63, 3.8) is 0 Å². The third-order valence-electron chi connectivity index (χ3n) is 4.67. The second-order valence-corrected chi connectivity index (χ2v) is 6.18. The number of ether oxygens (including phenoxy) is 2. The monoisotopic (exact) mass is 331 g/mol. The molecule has 2 aromatic carbocycles. The summed E-state index contributed by atoms with van der Waals surface area (Å²) in [4.78, 5) is 2.51. The molecule has 3 nitrogen and oxygen atoms in total. The topological polar surface area (TPSA) is 21.7 Å². The Morgan fingerprint density at radius 2 is 1.52 bits per heavy atom. The van der Waals surface area contributed by atoms with Gasteiger partial charge in [-0.15, -0.1) is 12.4 Å². The molecule has 0 aliphatic carbocycles. The van der Waals surface area contributed by atoms with Gasteiger partial charge in [0.05, 0.1) is 0 Å². The molecule has 23 heavy (non-hydrogen) atoms. The maximum atomic E-state index is 6.25. The van der Waals surface area contributed by atoms with E-state index in [4.69, 9.17) is 9.47 Å². The average molecular weight is 332 g/mol. The van der Waals surface area contributed by atoms with Gasteiger partial charge in [-0.2, -0.15) is 0 Å². The summed E-state index contributed by atoms with van der Waals surface area (Å²) in [6.07, 6.45) is 2.87. The molecule has 2 aromatic rings. The van der Waals surface area contributed by atoms with Gasteiger partial charge in [0.2, 0.25) is 0 Å². The van der Waals surface area contributed by atoms with Gasteiger partial charge < -0.3 is 9.47 Å². The first-order chi connectivity index (χ1) is 10.9. The van der Waals surface area contributed by atoms with Crippen LogP contribution in [0.5, 0.6) is 17.2 Å². The summed E-state index contributed by atoms with van der Waals surface area (Å²) in [6, 6.07) is 17.8. The summed E-state index contributed by atoms with van der Waals surface area (Å²) >= 11 is 0. The van der Waals surface area contributed by atoms with E-state index in [0.29, 0.717) is 12.0 Å². The summed E-state index contributed by atoms with van der Waals surface area (Å²) < 4.78 is 12.1. The smallest absolute Gasteiger partial charge is 0.131 e. The van der Waals surface area contributed by atoms with E-state index < -0.39 is 0 Å². The van der Waals surface area contributed by atoms with Gasteiger partial charge in [-0.25, -0.2) is 0 Å². The zero-order chi connectivity index (χ0) is 14.8. The molecule has 3 fully saturated rings. The number of para-hydroxylation sites is 1. The summed E-state index contributed by atoms with van der Waals surface area (Å²) in [7, 11) is 0. The molecular formula is C19H22ClNO2. The first-order valence-corrected chi connectivity index (χ1v) is 8.09. The Bertz CT molecular complexity index is 626. The first kappa shape index (κ1) is 16.2. The quantitative estimate of drug-likeness (QED) is 0.830. The first-order valence-electron chi connectivity index (χ1n) is 8.09. The Labute approximate surface area is 143 Å². The lowest BCUT2D eigenvalue weighted by Crippen LogP contribution is -2.52. The standard InChI is InChI=1S/C19H21NO2.ClH/c1-2-5-16(6-3-1)21-17-7-4-8-18(13-17)22-19-14-20-11-9-15(19)10-12-20;/h1-8,13,15,19H,9-12,14H2;1H. The molecular weight excluding hydrogens is 310 g/mol. The van der Waals surface area contributed by atoms with E-state index in [1.54, 1.807) is 0 Å². The molecule has 0 radical (unpaired) electrons. The Morgan fingerprint density at radius 1 is 0.826 bits per heavy atom. The lowest BCUT2D eigenvalue weighted by Gasteiger charge is -2.44. The fraction of sp³-hybridized carbons (Fsp3) is 0.368. The van der Waals surface area contributed by atoms with Gasteiger partial charge >= 0.3 is 0 Å². The van der Waals surface area contributed by atoms with Gasteiger partial charge in [-0.3, -0.25) is 4.90 Å². The second-order valence-electron chi connectivity index (χ2n) is 6.18. The van der Waals surface area contributed by atoms with Gasteiger partial charge in [0.25, 0.3) is 0 Å². The Balaban J connectivity index is 0.00000156. The normalized spacial score (nSPS) is 25.5. The van der Waals surface area contributed by atoms with Crippen molar-refractivity contribution in [2.24, 2.45) is 5.92 Å². The lowest BCUT2D eigenvalue weighted by atomic mass is 9.86. The van der Waals surface area contributed by atoms with Crippen molar-refractivity contribution in [3.8, 4) is 17.2 Å². The van der Waals surface area contributed by atoms with Crippen LogP contribution < -0.4 is 9.47 Å². The third-order valence-corrected chi connectivity index (χ3v) is 4.67. The number of rotatable bonds is 4. The van der Waals surface area contributed by atoms with E-state index in [1.807, 2.05) is 54.6 Å². The number of halogens is 1. The van der Waals surface area contributed by atoms with E-state index in [-0.39, 0.29) is 12.4 Å². The molecule has 4 heteroatoms. The third kappa shape index (κ3) is 3.80. The van der Waals surface area contributed by atoms with Crippen LogP contribution in [0.15, 0.2) is 54.6 Å². The van der Waals surface area contributed by atoms with Crippen LogP contribution >= 0.6 is 12.4 Å². The number of piperidine rings is 3. The highest BCUT2D eigenvalue weighted by Crippen LogP contribution is 2.32. The highest BCUT2D eigenvalue weighted by atomic mass is 35.5. The molecule has 1 unspecified atom stereocenters. The fourth-order valence-electron chi connectivity index (χ4n) is 3.45. The highest BCUT2D eigenvalue weighted by molar-refractivity contribution is 5.85. The molecule has 0 saturated carbocycles. The maximum absolute atomic E-state index is 6.25. The van der Waals surface area contributed by atoms with Crippen LogP contribution in [0.25, 0.3) is 0 Å². The second kappa shape index (κ2) is 7.24. The fourth-order valence-corrected chi connectivity index (χ4v) is 3.45. The summed E-state index contributed by atoms with van der Waals surface area (Å²) in [5.74, 6) is 3.29. The summed E-state index contributed by atoms with van der Waals surface area (Å²) in [6.45, 7) is 3.54. The van der Waals surface area contributed by atoms with E-state index in [0.717, 1.165) is 23.8 Å². The number of hydrogen-bond donors (Lipinski definition) is 0. The molecule has 0 spiro atoms. The van der Waals surface area contributed by atoms with Crippen LogP contribution in [0.3, 0.4) is 0 Å². The van der Waals surface area contributed by atoms with Gasteiger partial charge in [-0.05, 0) is 56.1 Å². The van der Waals surface area contributed by atoms with Crippen LogP contribution in [-0.4, -0.2) is 30.6 Å². The predicted octanol–water partition coefficient (Wildman–Crippen LogP) is 4.37. The highest BCUT2D eigenvalue weighted by Gasteiger charge is 2.35. The lowest BCUT2D eigenvalue weighted by molar-refractivity contribution is -0.00782. The summed E-state index contributed by atoms with van der Waals surface area (Å²) in [5, 5.41) is 0. The van der Waals surface area contributed by atoms with Crippen molar-refractivity contribution in [1.82, 2.24) is 4.90 Å². The van der Waals surface area contributed by atoms with Gasteiger partial charge in [-0.1, -0.05) is 24.3 Å². The van der Waals surface area contributed by atoms with Crippen LogP contribution in [0, 0.1) is 5.92 Å². The Morgan fingerprint density at radius 3 is 2.22 bits per heavy atom.